The quantitative estimate of drug-likeness (QED) is 0.580. The maximum atomic E-state index is 5.77. The third kappa shape index (κ3) is 3.60. The zero-order valence-electron chi connectivity index (χ0n) is 12.2. The Morgan fingerprint density at radius 1 is 1.05 bits per heavy atom. The fraction of sp³-hybridized carbons (Fsp3) is 0.412. The zero-order valence-corrected chi connectivity index (χ0v) is 13.8. The lowest BCUT2D eigenvalue weighted by Gasteiger charge is -2.22. The lowest BCUT2D eigenvalue weighted by atomic mass is 9.90. The molecule has 0 bridgehead atoms. The molecule has 0 aliphatic heterocycles. The highest BCUT2D eigenvalue weighted by molar-refractivity contribution is 9.10. The summed E-state index contributed by atoms with van der Waals surface area (Å²) >= 11 is 3.51. The number of hydrogen-bond acceptors (Lipinski definition) is 2. The fourth-order valence-electron chi connectivity index (χ4n) is 2.71. The Balaban J connectivity index is 2.27. The molecule has 0 fully saturated rings. The molecule has 1 atom stereocenters. The molecular formula is C17H23BrN2. The second kappa shape index (κ2) is 7.21. The first-order valence-electron chi connectivity index (χ1n) is 7.33. The Labute approximate surface area is 129 Å². The second-order valence-corrected chi connectivity index (χ2v) is 6.30. The highest BCUT2D eigenvalue weighted by Crippen LogP contribution is 2.28. The summed E-state index contributed by atoms with van der Waals surface area (Å²) in [5.74, 6) is 6.49. The van der Waals surface area contributed by atoms with Crippen LogP contribution in [0.2, 0.25) is 0 Å². The number of benzene rings is 2. The minimum Gasteiger partial charge on any atom is -0.271 e. The van der Waals surface area contributed by atoms with Gasteiger partial charge in [0.15, 0.2) is 0 Å². The van der Waals surface area contributed by atoms with Crippen LogP contribution in [0.25, 0.3) is 10.8 Å². The van der Waals surface area contributed by atoms with Crippen LogP contribution in [0.3, 0.4) is 0 Å². The van der Waals surface area contributed by atoms with Crippen molar-refractivity contribution in [2.45, 2.75) is 39.2 Å². The molecule has 0 aliphatic carbocycles. The van der Waals surface area contributed by atoms with Crippen LogP contribution in [-0.2, 0) is 0 Å². The number of hydrogen-bond donors (Lipinski definition) is 2. The summed E-state index contributed by atoms with van der Waals surface area (Å²) in [7, 11) is 0. The van der Waals surface area contributed by atoms with E-state index in [0.29, 0.717) is 0 Å². The summed E-state index contributed by atoms with van der Waals surface area (Å²) in [4.78, 5) is 0. The normalized spacial score (nSPS) is 13.1. The van der Waals surface area contributed by atoms with Crippen molar-refractivity contribution in [1.82, 2.24) is 5.43 Å². The number of hydrazine groups is 1. The summed E-state index contributed by atoms with van der Waals surface area (Å²) in [6.07, 6.45) is 3.50. The van der Waals surface area contributed by atoms with Gasteiger partial charge in [-0.15, -0.1) is 0 Å². The van der Waals surface area contributed by atoms with E-state index in [4.69, 9.17) is 5.84 Å². The van der Waals surface area contributed by atoms with Gasteiger partial charge in [-0.05, 0) is 46.9 Å². The van der Waals surface area contributed by atoms with Gasteiger partial charge in [0.2, 0.25) is 0 Å². The first-order valence-corrected chi connectivity index (χ1v) is 8.12. The second-order valence-electron chi connectivity index (χ2n) is 5.39. The van der Waals surface area contributed by atoms with Crippen molar-refractivity contribution in [3.63, 3.8) is 0 Å². The molecule has 2 aromatic carbocycles. The van der Waals surface area contributed by atoms with Crippen molar-refractivity contribution in [1.29, 1.82) is 0 Å². The largest absolute Gasteiger partial charge is 0.271 e. The van der Waals surface area contributed by atoms with Crippen molar-refractivity contribution >= 4 is 26.7 Å². The first-order chi connectivity index (χ1) is 9.67. The van der Waals surface area contributed by atoms with Crippen LogP contribution in [0, 0.1) is 5.92 Å². The van der Waals surface area contributed by atoms with Gasteiger partial charge in [0.25, 0.3) is 0 Å². The lowest BCUT2D eigenvalue weighted by Crippen LogP contribution is -2.29. The summed E-state index contributed by atoms with van der Waals surface area (Å²) in [5, 5.41) is 2.51. The van der Waals surface area contributed by atoms with E-state index in [2.05, 4.69) is 71.6 Å². The van der Waals surface area contributed by atoms with Gasteiger partial charge in [0, 0.05) is 10.5 Å². The molecule has 0 saturated carbocycles. The Morgan fingerprint density at radius 2 is 1.70 bits per heavy atom. The monoisotopic (exact) mass is 334 g/mol. The predicted molar refractivity (Wildman–Crippen MR) is 90.4 cm³/mol. The Hall–Kier alpha value is -0.900. The molecule has 0 radical (unpaired) electrons. The van der Waals surface area contributed by atoms with Crippen LogP contribution < -0.4 is 11.3 Å². The molecule has 3 N–H and O–H groups in total. The summed E-state index contributed by atoms with van der Waals surface area (Å²) in [5.41, 5.74) is 4.26. The SMILES string of the molecule is CCC(CC)CC(NN)c1ccc2cc(Br)ccc2c1. The number of nitrogens with two attached hydrogens (primary N) is 1. The first kappa shape index (κ1) is 15.5. The number of rotatable bonds is 6. The molecule has 0 saturated heterocycles. The van der Waals surface area contributed by atoms with Crippen LogP contribution in [0.1, 0.15) is 44.7 Å². The van der Waals surface area contributed by atoms with Gasteiger partial charge >= 0.3 is 0 Å². The molecule has 108 valence electrons. The van der Waals surface area contributed by atoms with E-state index in [1.807, 2.05) is 0 Å². The number of fused-ring (bicyclic) bond motifs is 1. The van der Waals surface area contributed by atoms with Gasteiger partial charge in [-0.2, -0.15) is 0 Å². The van der Waals surface area contributed by atoms with Crippen LogP contribution in [0.5, 0.6) is 0 Å². The van der Waals surface area contributed by atoms with Gasteiger partial charge in [-0.3, -0.25) is 11.3 Å². The maximum Gasteiger partial charge on any atom is 0.0462 e. The van der Waals surface area contributed by atoms with E-state index in [0.717, 1.165) is 16.8 Å². The molecule has 2 aromatic rings. The summed E-state index contributed by atoms with van der Waals surface area (Å²) in [6, 6.07) is 13.2. The molecule has 3 heteroatoms. The van der Waals surface area contributed by atoms with Gasteiger partial charge in [-0.1, -0.05) is 60.8 Å². The van der Waals surface area contributed by atoms with E-state index in [-0.39, 0.29) is 6.04 Å². The molecule has 0 spiro atoms. The smallest absolute Gasteiger partial charge is 0.0462 e. The zero-order chi connectivity index (χ0) is 14.5. The fourth-order valence-corrected chi connectivity index (χ4v) is 3.09. The standard InChI is InChI=1S/C17H23BrN2/c1-3-12(4-2)9-17(20-19)15-6-5-14-11-16(18)8-7-13(14)10-15/h5-8,10-12,17,20H,3-4,9,19H2,1-2H3. The molecule has 0 aromatic heterocycles. The van der Waals surface area contributed by atoms with E-state index >= 15 is 0 Å². The third-order valence-electron chi connectivity index (χ3n) is 4.15. The van der Waals surface area contributed by atoms with Crippen molar-refractivity contribution in [2.24, 2.45) is 11.8 Å². The van der Waals surface area contributed by atoms with Crippen LogP contribution in [-0.4, -0.2) is 0 Å². The summed E-state index contributed by atoms with van der Waals surface area (Å²) < 4.78 is 1.11. The van der Waals surface area contributed by atoms with Gasteiger partial charge in [0.05, 0.1) is 0 Å². The van der Waals surface area contributed by atoms with Crippen molar-refractivity contribution in [3.8, 4) is 0 Å². The average Bonchev–Trinajstić information content (AvgIpc) is 2.48. The minimum absolute atomic E-state index is 0.230. The molecule has 1 unspecified atom stereocenters. The molecular weight excluding hydrogens is 312 g/mol. The molecule has 2 nitrogen and oxygen atoms in total. The Kier molecular flexibility index (Phi) is 5.58. The van der Waals surface area contributed by atoms with E-state index in [1.165, 1.54) is 29.2 Å². The third-order valence-corrected chi connectivity index (χ3v) is 4.65. The van der Waals surface area contributed by atoms with Crippen LogP contribution in [0.15, 0.2) is 40.9 Å². The van der Waals surface area contributed by atoms with Gasteiger partial charge in [0.1, 0.15) is 0 Å². The Morgan fingerprint density at radius 3 is 2.35 bits per heavy atom. The van der Waals surface area contributed by atoms with Crippen molar-refractivity contribution in [3.05, 3.63) is 46.4 Å². The Bertz CT molecular complexity index is 564. The predicted octanol–water partition coefficient (Wildman–Crippen LogP) is 4.93. The average molecular weight is 335 g/mol. The van der Waals surface area contributed by atoms with Gasteiger partial charge in [-0.25, -0.2) is 0 Å². The highest BCUT2D eigenvalue weighted by Gasteiger charge is 2.15. The maximum absolute atomic E-state index is 5.77. The van der Waals surface area contributed by atoms with Crippen LogP contribution in [0.4, 0.5) is 0 Å². The van der Waals surface area contributed by atoms with E-state index in [1.54, 1.807) is 0 Å². The molecule has 0 amide bonds. The summed E-state index contributed by atoms with van der Waals surface area (Å²) in [6.45, 7) is 4.50. The van der Waals surface area contributed by atoms with E-state index < -0.39 is 0 Å². The lowest BCUT2D eigenvalue weighted by molar-refractivity contribution is 0.375. The molecule has 0 aliphatic rings. The van der Waals surface area contributed by atoms with Crippen LogP contribution >= 0.6 is 15.9 Å². The van der Waals surface area contributed by atoms with E-state index in [9.17, 15) is 0 Å². The number of nitrogens with one attached hydrogen (secondary N) is 1. The number of halogens is 1. The molecule has 0 heterocycles. The topological polar surface area (TPSA) is 38.0 Å². The molecule has 20 heavy (non-hydrogen) atoms. The van der Waals surface area contributed by atoms with Crippen molar-refractivity contribution in [2.75, 3.05) is 0 Å². The van der Waals surface area contributed by atoms with Crippen molar-refractivity contribution < 1.29 is 0 Å². The highest BCUT2D eigenvalue weighted by atomic mass is 79.9. The van der Waals surface area contributed by atoms with Gasteiger partial charge < -0.3 is 0 Å². The molecule has 2 rings (SSSR count). The minimum atomic E-state index is 0.230.